The molecule has 0 amide bonds. The number of benzene rings is 1. The predicted octanol–water partition coefficient (Wildman–Crippen LogP) is 5.35. The van der Waals surface area contributed by atoms with Crippen LogP contribution in [0.1, 0.15) is 47.1 Å². The summed E-state index contributed by atoms with van der Waals surface area (Å²) >= 11 is 5.05. The molecule has 0 spiro atoms. The fraction of sp³-hybridized carbons (Fsp3) is 0.312. The number of aryl methyl sites for hydroxylation is 1. The van der Waals surface area contributed by atoms with Gasteiger partial charge in [-0.25, -0.2) is 0 Å². The van der Waals surface area contributed by atoms with Crippen molar-refractivity contribution in [3.05, 3.63) is 55.7 Å². The van der Waals surface area contributed by atoms with Crippen LogP contribution >= 0.6 is 27.3 Å². The van der Waals surface area contributed by atoms with Gasteiger partial charge in [0.25, 0.3) is 0 Å². The van der Waals surface area contributed by atoms with Crippen molar-refractivity contribution in [2.75, 3.05) is 0 Å². The first-order valence-electron chi connectivity index (χ1n) is 6.21. The van der Waals surface area contributed by atoms with Gasteiger partial charge in [0.1, 0.15) is 0 Å². The molecule has 0 saturated carbocycles. The number of carbonyl (C=O) groups excluding carboxylic acids is 1. The lowest BCUT2D eigenvalue weighted by Crippen LogP contribution is -2.17. The van der Waals surface area contributed by atoms with Crippen molar-refractivity contribution >= 4 is 33.0 Å². The van der Waals surface area contributed by atoms with Gasteiger partial charge in [0.2, 0.25) is 0 Å². The van der Waals surface area contributed by atoms with Crippen LogP contribution in [0, 0.1) is 6.92 Å². The Labute approximate surface area is 126 Å². The first-order chi connectivity index (χ1) is 8.80. The second-order valence-corrected chi connectivity index (χ2v) is 8.28. The zero-order valence-corrected chi connectivity index (χ0v) is 14.0. The molecule has 0 bridgehead atoms. The quantitative estimate of drug-likeness (QED) is 0.675. The molecule has 1 aromatic heterocycles. The second kappa shape index (κ2) is 5.22. The largest absolute Gasteiger partial charge is 0.289 e. The molecule has 1 aromatic carbocycles. The third-order valence-electron chi connectivity index (χ3n) is 3.11. The van der Waals surface area contributed by atoms with Crippen LogP contribution in [0.5, 0.6) is 0 Å². The number of carbonyl (C=O) groups is 1. The van der Waals surface area contributed by atoms with Crippen LogP contribution in [-0.2, 0) is 5.41 Å². The van der Waals surface area contributed by atoms with Crippen molar-refractivity contribution in [3.8, 4) is 0 Å². The fourth-order valence-electron chi connectivity index (χ4n) is 2.15. The van der Waals surface area contributed by atoms with Gasteiger partial charge in [-0.05, 0) is 39.9 Å². The summed E-state index contributed by atoms with van der Waals surface area (Å²) in [5.74, 6) is 0.116. The minimum Gasteiger partial charge on any atom is -0.289 e. The van der Waals surface area contributed by atoms with Gasteiger partial charge in [0.05, 0.1) is 3.79 Å². The van der Waals surface area contributed by atoms with E-state index in [9.17, 15) is 4.79 Å². The van der Waals surface area contributed by atoms with Gasteiger partial charge in [-0.2, -0.15) is 0 Å². The molecule has 0 radical (unpaired) electrons. The van der Waals surface area contributed by atoms with Crippen molar-refractivity contribution in [1.82, 2.24) is 0 Å². The van der Waals surface area contributed by atoms with Gasteiger partial charge in [0, 0.05) is 16.0 Å². The monoisotopic (exact) mass is 336 g/mol. The van der Waals surface area contributed by atoms with Crippen molar-refractivity contribution in [1.29, 1.82) is 0 Å². The summed E-state index contributed by atoms with van der Waals surface area (Å²) in [4.78, 5) is 13.8. The predicted molar refractivity (Wildman–Crippen MR) is 85.3 cm³/mol. The maximum absolute atomic E-state index is 12.7. The van der Waals surface area contributed by atoms with Crippen LogP contribution in [0.25, 0.3) is 0 Å². The van der Waals surface area contributed by atoms with Gasteiger partial charge in [0.15, 0.2) is 5.78 Å². The van der Waals surface area contributed by atoms with E-state index in [-0.39, 0.29) is 11.2 Å². The first-order valence-corrected chi connectivity index (χ1v) is 7.82. The van der Waals surface area contributed by atoms with Gasteiger partial charge in [-0.3, -0.25) is 4.79 Å². The number of rotatable bonds is 2. The molecule has 0 aliphatic rings. The molecule has 3 heteroatoms. The van der Waals surface area contributed by atoms with Crippen LogP contribution in [0.4, 0.5) is 0 Å². The zero-order chi connectivity index (χ0) is 14.2. The Morgan fingerprint density at radius 3 is 2.32 bits per heavy atom. The smallest absolute Gasteiger partial charge is 0.194 e. The Hall–Kier alpha value is -0.930. The summed E-state index contributed by atoms with van der Waals surface area (Å²) in [7, 11) is 0. The third kappa shape index (κ3) is 2.98. The van der Waals surface area contributed by atoms with Crippen LogP contribution in [0.15, 0.2) is 34.1 Å². The highest BCUT2D eigenvalue weighted by molar-refractivity contribution is 9.11. The van der Waals surface area contributed by atoms with E-state index in [4.69, 9.17) is 0 Å². The normalized spacial score (nSPS) is 11.6. The van der Waals surface area contributed by atoms with E-state index in [0.29, 0.717) is 0 Å². The Bertz CT molecular complexity index is 620. The number of ketones is 1. The van der Waals surface area contributed by atoms with Gasteiger partial charge < -0.3 is 0 Å². The van der Waals surface area contributed by atoms with Crippen LogP contribution < -0.4 is 0 Å². The molecule has 1 heterocycles. The fourth-order valence-corrected chi connectivity index (χ4v) is 3.84. The van der Waals surface area contributed by atoms with Crippen LogP contribution in [-0.4, -0.2) is 5.78 Å². The van der Waals surface area contributed by atoms with Gasteiger partial charge in [-0.1, -0.05) is 45.0 Å². The first kappa shape index (κ1) is 14.5. The Balaban J connectivity index is 2.54. The van der Waals surface area contributed by atoms with E-state index in [1.165, 1.54) is 0 Å². The average Bonchev–Trinajstić information content (AvgIpc) is 2.66. The lowest BCUT2D eigenvalue weighted by atomic mass is 9.82. The van der Waals surface area contributed by atoms with E-state index < -0.39 is 0 Å². The minimum absolute atomic E-state index is 0.0343. The molecule has 1 nitrogen and oxygen atoms in total. The number of hydrogen-bond donors (Lipinski definition) is 0. The molecule has 0 fully saturated rings. The van der Waals surface area contributed by atoms with E-state index in [1.807, 2.05) is 37.3 Å². The molecule has 0 atom stereocenters. The summed E-state index contributed by atoms with van der Waals surface area (Å²) in [6, 6.07) is 9.81. The lowest BCUT2D eigenvalue weighted by Gasteiger charge is -2.22. The van der Waals surface area contributed by atoms with Crippen LogP contribution in [0.3, 0.4) is 0 Å². The number of hydrogen-bond acceptors (Lipinski definition) is 2. The molecule has 0 N–H and O–H groups in total. The molecule has 0 aliphatic carbocycles. The summed E-state index contributed by atoms with van der Waals surface area (Å²) in [5, 5.41) is 0. The van der Waals surface area contributed by atoms with Crippen molar-refractivity contribution in [3.63, 3.8) is 0 Å². The van der Waals surface area contributed by atoms with Crippen molar-refractivity contribution < 1.29 is 4.79 Å². The third-order valence-corrected chi connectivity index (χ3v) is 4.67. The Morgan fingerprint density at radius 2 is 1.79 bits per heavy atom. The minimum atomic E-state index is -0.0343. The summed E-state index contributed by atoms with van der Waals surface area (Å²) in [6.45, 7) is 8.39. The highest BCUT2D eigenvalue weighted by Crippen LogP contribution is 2.31. The van der Waals surface area contributed by atoms with Gasteiger partial charge >= 0.3 is 0 Å². The molecule has 2 rings (SSSR count). The molecule has 100 valence electrons. The molecule has 0 saturated heterocycles. The average molecular weight is 337 g/mol. The highest BCUT2D eigenvalue weighted by atomic mass is 79.9. The molecular formula is C16H17BrOS. The van der Waals surface area contributed by atoms with Gasteiger partial charge in [-0.15, -0.1) is 11.3 Å². The molecular weight excluding hydrogens is 320 g/mol. The summed E-state index contributed by atoms with van der Waals surface area (Å²) in [5.41, 5.74) is 2.67. The molecule has 2 aromatic rings. The summed E-state index contributed by atoms with van der Waals surface area (Å²) in [6.07, 6.45) is 0. The Morgan fingerprint density at radius 1 is 1.16 bits per heavy atom. The highest BCUT2D eigenvalue weighted by Gasteiger charge is 2.23. The second-order valence-electron chi connectivity index (χ2n) is 5.65. The molecule has 0 unspecified atom stereocenters. The van der Waals surface area contributed by atoms with E-state index in [0.717, 1.165) is 25.4 Å². The number of thiophene rings is 1. The van der Waals surface area contributed by atoms with E-state index >= 15 is 0 Å². The maximum Gasteiger partial charge on any atom is 0.194 e. The standard InChI is InChI=1S/C16H17BrOS/c1-10-12(9-14(17)19-10)15(18)11-7-5-6-8-13(11)16(2,3)4/h5-9H,1-4H3. The van der Waals surface area contributed by atoms with Crippen LogP contribution in [0.2, 0.25) is 0 Å². The molecule has 19 heavy (non-hydrogen) atoms. The topological polar surface area (TPSA) is 17.1 Å². The SMILES string of the molecule is Cc1sc(Br)cc1C(=O)c1ccccc1C(C)(C)C. The van der Waals surface area contributed by atoms with E-state index in [1.54, 1.807) is 11.3 Å². The van der Waals surface area contributed by atoms with Crippen molar-refractivity contribution in [2.45, 2.75) is 33.1 Å². The maximum atomic E-state index is 12.7. The lowest BCUT2D eigenvalue weighted by molar-refractivity contribution is 0.103. The zero-order valence-electron chi connectivity index (χ0n) is 11.6. The number of halogens is 1. The Kier molecular flexibility index (Phi) is 3.98. The summed E-state index contributed by atoms with van der Waals surface area (Å²) < 4.78 is 1.00. The van der Waals surface area contributed by atoms with Crippen molar-refractivity contribution in [2.24, 2.45) is 0 Å². The molecule has 0 aliphatic heterocycles. The van der Waals surface area contributed by atoms with E-state index in [2.05, 4.69) is 36.7 Å².